The lowest BCUT2D eigenvalue weighted by atomic mass is 10.1. The quantitative estimate of drug-likeness (QED) is 0.803. The molecule has 0 spiro atoms. The average Bonchev–Trinajstić information content (AvgIpc) is 3.08. The molecule has 1 aliphatic heterocycles. The minimum absolute atomic E-state index is 0.0225. The molecule has 1 atom stereocenters. The summed E-state index contributed by atoms with van der Waals surface area (Å²) < 4.78 is 33.4. The van der Waals surface area contributed by atoms with E-state index >= 15 is 0 Å². The molecule has 2 heterocycles. The second-order valence-electron chi connectivity index (χ2n) is 6.19. The van der Waals surface area contributed by atoms with Gasteiger partial charge in [-0.25, -0.2) is 13.1 Å². The molecule has 7 nitrogen and oxygen atoms in total. The Morgan fingerprint density at radius 1 is 1.36 bits per heavy atom. The van der Waals surface area contributed by atoms with Crippen LogP contribution in [0.4, 0.5) is 0 Å². The van der Waals surface area contributed by atoms with E-state index in [0.717, 1.165) is 31.1 Å². The van der Waals surface area contributed by atoms with Crippen LogP contribution in [0.25, 0.3) is 0 Å². The molecule has 0 unspecified atom stereocenters. The number of nitrogens with zero attached hydrogens (tertiary/aromatic N) is 3. The van der Waals surface area contributed by atoms with Crippen LogP contribution in [0.5, 0.6) is 5.75 Å². The zero-order valence-corrected chi connectivity index (χ0v) is 15.4. The highest BCUT2D eigenvalue weighted by atomic mass is 32.2. The van der Waals surface area contributed by atoms with Gasteiger partial charge in [0.1, 0.15) is 5.75 Å². The monoisotopic (exact) mass is 364 g/mol. The van der Waals surface area contributed by atoms with Crippen LogP contribution in [-0.2, 0) is 23.1 Å². The molecule has 0 bridgehead atoms. The molecule has 3 rings (SSSR count). The second kappa shape index (κ2) is 7.55. The lowest BCUT2D eigenvalue weighted by Gasteiger charge is -2.34. The molecule has 25 heavy (non-hydrogen) atoms. The average molecular weight is 364 g/mol. The molecule has 2 aromatic rings. The third-order valence-corrected chi connectivity index (χ3v) is 5.78. The van der Waals surface area contributed by atoms with Crippen LogP contribution in [-0.4, -0.2) is 49.1 Å². The minimum atomic E-state index is -3.22. The highest BCUT2D eigenvalue weighted by Crippen LogP contribution is 2.23. The Kier molecular flexibility index (Phi) is 5.41. The number of sulfonamides is 1. The number of rotatable bonds is 7. The molecule has 0 aliphatic carbocycles. The Labute approximate surface area is 148 Å². The van der Waals surface area contributed by atoms with Crippen LogP contribution in [0.15, 0.2) is 36.5 Å². The minimum Gasteiger partial charge on any atom is -0.497 e. The summed E-state index contributed by atoms with van der Waals surface area (Å²) >= 11 is 0. The van der Waals surface area contributed by atoms with Crippen molar-refractivity contribution in [1.29, 1.82) is 0 Å². The maximum Gasteiger partial charge on any atom is 0.211 e. The standard InChI is InChI=1S/C17H24N4O3S/c1-3-25(22,23)19-10-16-13-20(12-15-7-8-18-21(15)16)11-14-5-4-6-17(9-14)24-2/h4-9,16,19H,3,10-13H2,1-2H3/t16-/m1/s1. The van der Waals surface area contributed by atoms with Crippen LogP contribution in [0.3, 0.4) is 0 Å². The van der Waals surface area contributed by atoms with Gasteiger partial charge in [0.15, 0.2) is 0 Å². The van der Waals surface area contributed by atoms with Crippen molar-refractivity contribution in [2.24, 2.45) is 0 Å². The van der Waals surface area contributed by atoms with E-state index in [0.29, 0.717) is 6.54 Å². The van der Waals surface area contributed by atoms with Gasteiger partial charge in [-0.1, -0.05) is 12.1 Å². The number of hydrogen-bond donors (Lipinski definition) is 1. The van der Waals surface area contributed by atoms with Crippen LogP contribution in [0.1, 0.15) is 24.2 Å². The highest BCUT2D eigenvalue weighted by Gasteiger charge is 2.26. The van der Waals surface area contributed by atoms with E-state index < -0.39 is 10.0 Å². The summed E-state index contributed by atoms with van der Waals surface area (Å²) in [5.74, 6) is 0.922. The molecule has 0 saturated heterocycles. The van der Waals surface area contributed by atoms with Crippen molar-refractivity contribution in [1.82, 2.24) is 19.4 Å². The number of methoxy groups -OCH3 is 1. The highest BCUT2D eigenvalue weighted by molar-refractivity contribution is 7.89. The fourth-order valence-corrected chi connectivity index (χ4v) is 3.74. The van der Waals surface area contributed by atoms with Gasteiger partial charge < -0.3 is 4.74 Å². The van der Waals surface area contributed by atoms with Gasteiger partial charge in [-0.05, 0) is 30.7 Å². The van der Waals surface area contributed by atoms with Crippen molar-refractivity contribution in [2.45, 2.75) is 26.1 Å². The molecule has 8 heteroatoms. The Hall–Kier alpha value is -1.90. The first-order valence-corrected chi connectivity index (χ1v) is 10.0. The number of hydrogen-bond acceptors (Lipinski definition) is 5. The lowest BCUT2D eigenvalue weighted by Crippen LogP contribution is -2.42. The summed E-state index contributed by atoms with van der Waals surface area (Å²) in [5.41, 5.74) is 2.26. The van der Waals surface area contributed by atoms with Crippen LogP contribution in [0, 0.1) is 0 Å². The summed E-state index contributed by atoms with van der Waals surface area (Å²) in [5, 5.41) is 4.37. The van der Waals surface area contributed by atoms with E-state index in [2.05, 4.69) is 20.8 Å². The predicted octanol–water partition coefficient (Wildman–Crippen LogP) is 1.39. The van der Waals surface area contributed by atoms with Gasteiger partial charge in [0.25, 0.3) is 0 Å². The summed E-state index contributed by atoms with van der Waals surface area (Å²) in [6.07, 6.45) is 1.77. The van der Waals surface area contributed by atoms with E-state index in [4.69, 9.17) is 4.74 Å². The van der Waals surface area contributed by atoms with E-state index in [9.17, 15) is 8.42 Å². The molecule has 1 aromatic carbocycles. The predicted molar refractivity (Wildman–Crippen MR) is 95.8 cm³/mol. The molecule has 1 N–H and O–H groups in total. The first kappa shape index (κ1) is 17.9. The SMILES string of the molecule is CCS(=O)(=O)NC[C@@H]1CN(Cc2cccc(OC)c2)Cc2ccnn21. The zero-order valence-electron chi connectivity index (χ0n) is 14.6. The Bertz CT molecular complexity index is 819. The number of benzene rings is 1. The van der Waals surface area contributed by atoms with Gasteiger partial charge in [-0.3, -0.25) is 9.58 Å². The van der Waals surface area contributed by atoms with Crippen molar-refractivity contribution in [3.8, 4) is 5.75 Å². The fraction of sp³-hybridized carbons (Fsp3) is 0.471. The molecule has 0 amide bonds. The molecule has 0 fully saturated rings. The molecule has 136 valence electrons. The Balaban J connectivity index is 1.73. The molecular weight excluding hydrogens is 340 g/mol. The third kappa shape index (κ3) is 4.39. The summed E-state index contributed by atoms with van der Waals surface area (Å²) in [4.78, 5) is 2.30. The van der Waals surface area contributed by atoms with Gasteiger partial charge in [-0.15, -0.1) is 0 Å². The normalized spacial score (nSPS) is 18.1. The summed E-state index contributed by atoms with van der Waals surface area (Å²) in [6.45, 7) is 4.28. The van der Waals surface area contributed by atoms with E-state index in [1.165, 1.54) is 5.56 Å². The van der Waals surface area contributed by atoms with Crippen LogP contribution < -0.4 is 9.46 Å². The van der Waals surface area contributed by atoms with Gasteiger partial charge in [0.05, 0.1) is 24.6 Å². The molecule has 0 saturated carbocycles. The Morgan fingerprint density at radius 3 is 2.96 bits per heavy atom. The zero-order chi connectivity index (χ0) is 17.9. The van der Waals surface area contributed by atoms with Crippen molar-refractivity contribution in [3.63, 3.8) is 0 Å². The molecular formula is C17H24N4O3S. The molecule has 1 aromatic heterocycles. The maximum absolute atomic E-state index is 11.8. The number of aromatic nitrogens is 2. The van der Waals surface area contributed by atoms with Crippen molar-refractivity contribution in [2.75, 3.05) is 26.0 Å². The number of ether oxygens (including phenoxy) is 1. The Morgan fingerprint density at radius 2 is 2.20 bits per heavy atom. The third-order valence-electron chi connectivity index (χ3n) is 4.41. The first-order valence-electron chi connectivity index (χ1n) is 8.35. The molecule has 0 radical (unpaired) electrons. The maximum atomic E-state index is 11.8. The van der Waals surface area contributed by atoms with Crippen molar-refractivity contribution >= 4 is 10.0 Å². The lowest BCUT2D eigenvalue weighted by molar-refractivity contribution is 0.168. The van der Waals surface area contributed by atoms with E-state index in [-0.39, 0.29) is 11.8 Å². The molecule has 1 aliphatic rings. The second-order valence-corrected chi connectivity index (χ2v) is 8.29. The topological polar surface area (TPSA) is 76.5 Å². The smallest absolute Gasteiger partial charge is 0.211 e. The largest absolute Gasteiger partial charge is 0.497 e. The number of fused-ring (bicyclic) bond motifs is 1. The summed E-state index contributed by atoms with van der Waals surface area (Å²) in [7, 11) is -1.55. The van der Waals surface area contributed by atoms with Gasteiger partial charge in [-0.2, -0.15) is 5.10 Å². The van der Waals surface area contributed by atoms with Gasteiger partial charge in [0.2, 0.25) is 10.0 Å². The fourth-order valence-electron chi connectivity index (χ4n) is 3.09. The van der Waals surface area contributed by atoms with Crippen molar-refractivity contribution < 1.29 is 13.2 Å². The number of nitrogens with one attached hydrogen (secondary N) is 1. The summed E-state index contributed by atoms with van der Waals surface area (Å²) in [6, 6.07) is 9.97. The van der Waals surface area contributed by atoms with Crippen molar-refractivity contribution in [3.05, 3.63) is 47.8 Å². The van der Waals surface area contributed by atoms with Gasteiger partial charge >= 0.3 is 0 Å². The van der Waals surface area contributed by atoms with E-state index in [1.54, 1.807) is 20.2 Å². The first-order chi connectivity index (χ1) is 12.0. The van der Waals surface area contributed by atoms with Crippen LogP contribution in [0.2, 0.25) is 0 Å². The van der Waals surface area contributed by atoms with E-state index in [1.807, 2.05) is 28.9 Å². The van der Waals surface area contributed by atoms with Gasteiger partial charge in [0, 0.05) is 32.4 Å². The van der Waals surface area contributed by atoms with Crippen LogP contribution >= 0.6 is 0 Å².